The number of halogens is 2. The number of benzene rings is 1. The van der Waals surface area contributed by atoms with E-state index in [0.29, 0.717) is 23.8 Å². The van der Waals surface area contributed by atoms with Crippen LogP contribution in [0.4, 0.5) is 23.0 Å². The molecule has 3 aromatic rings. The molecule has 2 aromatic heterocycles. The van der Waals surface area contributed by atoms with Crippen molar-refractivity contribution in [3.8, 4) is 0 Å². The molecule has 4 N–H and O–H groups in total. The van der Waals surface area contributed by atoms with Crippen LogP contribution in [0.25, 0.3) is 10.9 Å². The molecule has 2 bridgehead atoms. The molecule has 0 aliphatic carbocycles. The Morgan fingerprint density at radius 3 is 2.43 bits per heavy atom. The van der Waals surface area contributed by atoms with E-state index in [0.717, 1.165) is 50.0 Å². The summed E-state index contributed by atoms with van der Waals surface area (Å²) in [5.74, 6) is 1.60. The first-order valence-corrected chi connectivity index (χ1v) is 11.7. The molecule has 2 fully saturated rings. The lowest BCUT2D eigenvalue weighted by atomic mass is 9.98. The minimum absolute atomic E-state index is 0.452. The Kier molecular flexibility index (Phi) is 5.28. The maximum absolute atomic E-state index is 6.01. The quantitative estimate of drug-likeness (QED) is 0.411. The van der Waals surface area contributed by atoms with Crippen LogP contribution in [0, 0.1) is 0 Å². The lowest BCUT2D eigenvalue weighted by Gasteiger charge is -2.36. The van der Waals surface area contributed by atoms with E-state index in [2.05, 4.69) is 69.4 Å². The summed E-state index contributed by atoms with van der Waals surface area (Å²) in [6.45, 7) is 0. The Morgan fingerprint density at radius 2 is 1.73 bits per heavy atom. The van der Waals surface area contributed by atoms with Gasteiger partial charge in [0.05, 0.1) is 17.4 Å². The van der Waals surface area contributed by atoms with Crippen molar-refractivity contribution in [2.24, 2.45) is 0 Å². The van der Waals surface area contributed by atoms with Crippen LogP contribution in [0.1, 0.15) is 25.7 Å². The first-order chi connectivity index (χ1) is 14.5. The molecule has 0 saturated carbocycles. The van der Waals surface area contributed by atoms with Crippen molar-refractivity contribution in [3.63, 3.8) is 0 Å². The molecule has 1 aromatic carbocycles. The van der Waals surface area contributed by atoms with Gasteiger partial charge in [0.25, 0.3) is 0 Å². The second kappa shape index (κ2) is 7.94. The number of rotatable bonds is 4. The van der Waals surface area contributed by atoms with Gasteiger partial charge in [0.15, 0.2) is 0 Å². The SMILES string of the molecule is CN1[C@@H]2CC[C@H]1CC(Nc1cc3c(Nc4cc(Br)c(N)c(Br)c4)ncnc3cn1)C2. The summed E-state index contributed by atoms with van der Waals surface area (Å²) in [6, 6.07) is 7.73. The predicted octanol–water partition coefficient (Wildman–Crippen LogP) is 4.91. The highest BCUT2D eigenvalue weighted by Crippen LogP contribution is 2.36. The number of fused-ring (bicyclic) bond motifs is 3. The lowest BCUT2D eigenvalue weighted by Crippen LogP contribution is -2.44. The Hall–Kier alpha value is -1.97. The van der Waals surface area contributed by atoms with Crippen LogP contribution in [0.3, 0.4) is 0 Å². The zero-order valence-corrected chi connectivity index (χ0v) is 19.7. The van der Waals surface area contributed by atoms with Crippen molar-refractivity contribution in [2.75, 3.05) is 23.4 Å². The van der Waals surface area contributed by atoms with Gasteiger partial charge in [0.1, 0.15) is 18.0 Å². The van der Waals surface area contributed by atoms with E-state index >= 15 is 0 Å². The van der Waals surface area contributed by atoms with Gasteiger partial charge in [-0.05, 0) is 82.8 Å². The zero-order chi connectivity index (χ0) is 20.8. The zero-order valence-electron chi connectivity index (χ0n) is 16.6. The van der Waals surface area contributed by atoms with Crippen LogP contribution in [0.2, 0.25) is 0 Å². The first kappa shape index (κ1) is 20.0. The van der Waals surface area contributed by atoms with Gasteiger partial charge in [-0.15, -0.1) is 0 Å². The van der Waals surface area contributed by atoms with Crippen LogP contribution >= 0.6 is 31.9 Å². The van der Waals surface area contributed by atoms with Gasteiger partial charge in [-0.1, -0.05) is 0 Å². The number of aromatic nitrogens is 3. The average Bonchev–Trinajstić information content (AvgIpc) is 2.93. The number of piperidine rings is 1. The van der Waals surface area contributed by atoms with E-state index in [-0.39, 0.29) is 0 Å². The van der Waals surface area contributed by atoms with E-state index in [1.165, 1.54) is 12.8 Å². The predicted molar refractivity (Wildman–Crippen MR) is 128 cm³/mol. The Bertz CT molecular complexity index is 1070. The van der Waals surface area contributed by atoms with E-state index in [1.54, 1.807) is 6.33 Å². The van der Waals surface area contributed by atoms with Gasteiger partial charge < -0.3 is 21.3 Å². The van der Waals surface area contributed by atoms with Crippen LogP contribution in [0.5, 0.6) is 0 Å². The average molecular weight is 533 g/mol. The summed E-state index contributed by atoms with van der Waals surface area (Å²) < 4.78 is 1.64. The van der Waals surface area contributed by atoms with E-state index in [1.807, 2.05) is 24.4 Å². The largest absolute Gasteiger partial charge is 0.397 e. The summed E-state index contributed by atoms with van der Waals surface area (Å²) in [7, 11) is 2.26. The van der Waals surface area contributed by atoms with Crippen molar-refractivity contribution in [2.45, 2.75) is 43.8 Å². The number of nitrogens with zero attached hydrogens (tertiary/aromatic N) is 4. The molecule has 0 amide bonds. The standard InChI is InChI=1S/C21H23Br2N7/c1-30-13-2-3-14(30)5-11(4-13)28-19-8-15-18(9-25-19)26-10-27-21(15)29-12-6-16(22)20(24)17(23)7-12/h6-11,13-14H,2-5,24H2,1H3,(H,25,28)(H,26,27,29)/t11?,13-,14+. The Morgan fingerprint density at radius 1 is 1.03 bits per heavy atom. The number of hydrogen-bond donors (Lipinski definition) is 3. The van der Waals surface area contributed by atoms with Gasteiger partial charge in [0.2, 0.25) is 0 Å². The van der Waals surface area contributed by atoms with Crippen molar-refractivity contribution in [1.82, 2.24) is 19.9 Å². The lowest BCUT2D eigenvalue weighted by molar-refractivity contribution is 0.169. The number of nitrogens with two attached hydrogens (primary N) is 1. The monoisotopic (exact) mass is 531 g/mol. The third kappa shape index (κ3) is 3.74. The molecule has 30 heavy (non-hydrogen) atoms. The van der Waals surface area contributed by atoms with Gasteiger partial charge in [-0.25, -0.2) is 15.0 Å². The molecule has 2 aliphatic heterocycles. The van der Waals surface area contributed by atoms with Gasteiger partial charge in [-0.3, -0.25) is 0 Å². The highest BCUT2D eigenvalue weighted by atomic mass is 79.9. The molecule has 9 heteroatoms. The van der Waals surface area contributed by atoms with Crippen molar-refractivity contribution in [3.05, 3.63) is 39.7 Å². The molecule has 1 unspecified atom stereocenters. The highest BCUT2D eigenvalue weighted by molar-refractivity contribution is 9.11. The van der Waals surface area contributed by atoms with Crippen LogP contribution < -0.4 is 16.4 Å². The number of pyridine rings is 1. The first-order valence-electron chi connectivity index (χ1n) is 10.1. The molecule has 156 valence electrons. The molecular formula is C21H23Br2N7. The fraction of sp³-hybridized carbons (Fsp3) is 0.381. The minimum Gasteiger partial charge on any atom is -0.397 e. The Balaban J connectivity index is 1.41. The third-order valence-corrected chi connectivity index (χ3v) is 7.63. The second-order valence-corrected chi connectivity index (χ2v) is 9.86. The minimum atomic E-state index is 0.452. The van der Waals surface area contributed by atoms with Crippen LogP contribution in [-0.4, -0.2) is 45.0 Å². The summed E-state index contributed by atoms with van der Waals surface area (Å²) in [4.78, 5) is 16.0. The summed E-state index contributed by atoms with van der Waals surface area (Å²) in [5, 5.41) is 7.97. The van der Waals surface area contributed by atoms with Crippen LogP contribution in [0.15, 0.2) is 39.7 Å². The number of hydrogen-bond acceptors (Lipinski definition) is 7. The molecule has 7 nitrogen and oxygen atoms in total. The smallest absolute Gasteiger partial charge is 0.141 e. The van der Waals surface area contributed by atoms with Crippen molar-refractivity contribution in [1.29, 1.82) is 0 Å². The normalized spacial score (nSPS) is 23.6. The Labute approximate surface area is 192 Å². The molecule has 0 spiro atoms. The molecule has 4 heterocycles. The molecule has 5 rings (SSSR count). The summed E-state index contributed by atoms with van der Waals surface area (Å²) >= 11 is 6.99. The molecule has 3 atom stereocenters. The van der Waals surface area contributed by atoms with Gasteiger partial charge in [-0.2, -0.15) is 0 Å². The molecule has 2 saturated heterocycles. The van der Waals surface area contributed by atoms with Gasteiger partial charge in [0, 0.05) is 38.1 Å². The fourth-order valence-corrected chi connectivity index (χ4v) is 5.86. The number of nitrogens with one attached hydrogen (secondary N) is 2. The maximum atomic E-state index is 6.01. The van der Waals surface area contributed by atoms with Crippen molar-refractivity contribution >= 4 is 65.8 Å². The third-order valence-electron chi connectivity index (χ3n) is 6.31. The summed E-state index contributed by atoms with van der Waals surface area (Å²) in [5.41, 5.74) is 8.35. The topological polar surface area (TPSA) is 92.0 Å². The van der Waals surface area contributed by atoms with Gasteiger partial charge >= 0.3 is 0 Å². The number of nitrogen functional groups attached to an aromatic ring is 1. The molecular weight excluding hydrogens is 510 g/mol. The molecule has 2 aliphatic rings. The number of anilines is 4. The molecule has 0 radical (unpaired) electrons. The summed E-state index contributed by atoms with van der Waals surface area (Å²) in [6.07, 6.45) is 8.30. The van der Waals surface area contributed by atoms with E-state index in [9.17, 15) is 0 Å². The van der Waals surface area contributed by atoms with Crippen LogP contribution in [-0.2, 0) is 0 Å². The van der Waals surface area contributed by atoms with E-state index < -0.39 is 0 Å². The second-order valence-electron chi connectivity index (χ2n) is 8.15. The van der Waals surface area contributed by atoms with E-state index in [4.69, 9.17) is 5.73 Å². The fourth-order valence-electron chi connectivity index (χ4n) is 4.67. The highest BCUT2D eigenvalue weighted by Gasteiger charge is 2.38. The maximum Gasteiger partial charge on any atom is 0.141 e. The van der Waals surface area contributed by atoms with Crippen molar-refractivity contribution < 1.29 is 0 Å².